The highest BCUT2D eigenvalue weighted by molar-refractivity contribution is 5.93. The van der Waals surface area contributed by atoms with Gasteiger partial charge in [0.2, 0.25) is 0 Å². The zero-order chi connectivity index (χ0) is 13.4. The van der Waals surface area contributed by atoms with Gasteiger partial charge in [-0.05, 0) is 0 Å². The van der Waals surface area contributed by atoms with E-state index in [0.717, 1.165) is 0 Å². The Labute approximate surface area is 101 Å². The number of rotatable bonds is 3. The van der Waals surface area contributed by atoms with Gasteiger partial charge in [-0.25, -0.2) is 0 Å². The molecule has 0 unspecified atom stereocenters. The maximum atomic E-state index is 10.9. The molecular weight excluding hydrogens is 246 g/mol. The highest BCUT2D eigenvalue weighted by atomic mass is 16.6. The van der Waals surface area contributed by atoms with Crippen LogP contribution >= 0.6 is 0 Å². The third kappa shape index (κ3) is 1.82. The molecule has 0 saturated carbocycles. The first-order valence-corrected chi connectivity index (χ1v) is 5.16. The van der Waals surface area contributed by atoms with Crippen LogP contribution in [-0.2, 0) is 4.74 Å². The van der Waals surface area contributed by atoms with E-state index in [4.69, 9.17) is 15.6 Å². The molecule has 0 bridgehead atoms. The zero-order valence-corrected chi connectivity index (χ0v) is 9.15. The van der Waals surface area contributed by atoms with Gasteiger partial charge in [-0.3, -0.25) is 9.89 Å². The van der Waals surface area contributed by atoms with E-state index in [1.807, 2.05) is 0 Å². The first-order valence-electron chi connectivity index (χ1n) is 5.16. The molecule has 1 aliphatic heterocycles. The van der Waals surface area contributed by atoms with Crippen molar-refractivity contribution in [3.63, 3.8) is 0 Å². The molecule has 1 fully saturated rings. The number of nitrogens with zero attached hydrogens (tertiary/aromatic N) is 1. The second kappa shape index (κ2) is 4.53. The number of H-pyrrole nitrogens is 1. The Balaban J connectivity index is 2.30. The van der Waals surface area contributed by atoms with Crippen LogP contribution in [0.3, 0.4) is 0 Å². The molecule has 1 aliphatic rings. The van der Waals surface area contributed by atoms with Gasteiger partial charge in [0.1, 0.15) is 30.1 Å². The summed E-state index contributed by atoms with van der Waals surface area (Å²) in [6.45, 7) is -0.497. The molecule has 100 valence electrons. The Morgan fingerprint density at radius 3 is 2.56 bits per heavy atom. The molecule has 0 radical (unpaired) electrons. The molecule has 1 saturated heterocycles. The lowest BCUT2D eigenvalue weighted by Crippen LogP contribution is -2.32. The number of aromatic amines is 1. The summed E-state index contributed by atoms with van der Waals surface area (Å²) in [6, 6.07) is 0. The number of nitrogens with one attached hydrogen (secondary N) is 1. The van der Waals surface area contributed by atoms with Crippen molar-refractivity contribution < 1.29 is 30.0 Å². The predicted molar refractivity (Wildman–Crippen MR) is 55.5 cm³/mol. The minimum Gasteiger partial charge on any atom is -0.504 e. The van der Waals surface area contributed by atoms with Gasteiger partial charge in [0, 0.05) is 0 Å². The van der Waals surface area contributed by atoms with E-state index in [1.165, 1.54) is 0 Å². The molecule has 4 atom stereocenters. The molecule has 9 heteroatoms. The fourth-order valence-electron chi connectivity index (χ4n) is 1.85. The van der Waals surface area contributed by atoms with E-state index in [9.17, 15) is 20.1 Å². The molecule has 18 heavy (non-hydrogen) atoms. The molecule has 1 amide bonds. The summed E-state index contributed by atoms with van der Waals surface area (Å²) in [5, 5.41) is 43.7. The fourth-order valence-corrected chi connectivity index (χ4v) is 1.85. The van der Waals surface area contributed by atoms with Crippen molar-refractivity contribution in [1.82, 2.24) is 10.2 Å². The van der Waals surface area contributed by atoms with Crippen LogP contribution in [-0.4, -0.2) is 61.4 Å². The first-order chi connectivity index (χ1) is 8.47. The Morgan fingerprint density at radius 2 is 2.11 bits per heavy atom. The van der Waals surface area contributed by atoms with E-state index in [0.29, 0.717) is 0 Å². The maximum absolute atomic E-state index is 10.9. The number of aliphatic hydroxyl groups is 3. The van der Waals surface area contributed by atoms with Crippen LogP contribution in [0.5, 0.6) is 5.75 Å². The number of primary amides is 1. The van der Waals surface area contributed by atoms with Crippen molar-refractivity contribution in [3.8, 4) is 5.75 Å². The van der Waals surface area contributed by atoms with E-state index >= 15 is 0 Å². The van der Waals surface area contributed by atoms with Gasteiger partial charge >= 0.3 is 0 Å². The van der Waals surface area contributed by atoms with E-state index in [2.05, 4.69) is 10.2 Å². The zero-order valence-electron chi connectivity index (χ0n) is 9.15. The molecule has 1 aromatic rings. The fraction of sp³-hybridized carbons (Fsp3) is 0.556. The summed E-state index contributed by atoms with van der Waals surface area (Å²) in [4.78, 5) is 10.9. The van der Waals surface area contributed by atoms with Crippen molar-refractivity contribution in [1.29, 1.82) is 0 Å². The summed E-state index contributed by atoms with van der Waals surface area (Å²) in [6.07, 6.45) is -4.83. The third-order valence-corrected chi connectivity index (χ3v) is 2.83. The number of aliphatic hydroxyl groups excluding tert-OH is 3. The SMILES string of the molecule is NC(=O)c1[nH]nc([C@@H]2O[C@@H](CO)[C@@H](O)[C@@H]2O)c1O. The highest BCUT2D eigenvalue weighted by Gasteiger charge is 2.45. The number of aromatic hydroxyl groups is 1. The Bertz CT molecular complexity index is 461. The number of hydrogen-bond donors (Lipinski definition) is 6. The number of nitrogens with two attached hydrogens (primary N) is 1. The maximum Gasteiger partial charge on any atom is 0.270 e. The van der Waals surface area contributed by atoms with Crippen LogP contribution in [0, 0.1) is 0 Å². The molecule has 2 rings (SSSR count). The molecule has 7 N–H and O–H groups in total. The average Bonchev–Trinajstić information content (AvgIpc) is 2.82. The Morgan fingerprint density at radius 1 is 1.44 bits per heavy atom. The molecule has 0 aliphatic carbocycles. The van der Waals surface area contributed by atoms with Crippen molar-refractivity contribution in [2.75, 3.05) is 6.61 Å². The summed E-state index contributed by atoms with van der Waals surface area (Å²) in [5.41, 5.74) is 4.52. The van der Waals surface area contributed by atoms with E-state index in [-0.39, 0.29) is 11.4 Å². The third-order valence-electron chi connectivity index (χ3n) is 2.83. The molecule has 0 spiro atoms. The summed E-state index contributed by atoms with van der Waals surface area (Å²) < 4.78 is 5.15. The summed E-state index contributed by atoms with van der Waals surface area (Å²) in [7, 11) is 0. The molecule has 2 heterocycles. The number of aromatic nitrogens is 2. The van der Waals surface area contributed by atoms with Crippen LogP contribution in [0.1, 0.15) is 22.3 Å². The Hall–Kier alpha value is -1.68. The predicted octanol–water partition coefficient (Wildman–Crippen LogP) is -2.63. The molecular formula is C9H13N3O6. The lowest BCUT2D eigenvalue weighted by atomic mass is 10.1. The van der Waals surface area contributed by atoms with Gasteiger partial charge in [-0.2, -0.15) is 5.10 Å². The van der Waals surface area contributed by atoms with Gasteiger partial charge in [0.05, 0.1) is 6.61 Å². The smallest absolute Gasteiger partial charge is 0.270 e. The van der Waals surface area contributed by atoms with Crippen LogP contribution < -0.4 is 5.73 Å². The second-order valence-corrected chi connectivity index (χ2v) is 3.96. The normalized spacial score (nSPS) is 31.7. The van der Waals surface area contributed by atoms with Crippen LogP contribution in [0.15, 0.2) is 0 Å². The minimum atomic E-state index is -1.38. The van der Waals surface area contributed by atoms with Crippen LogP contribution in [0.4, 0.5) is 0 Å². The topological polar surface area (TPSA) is 162 Å². The van der Waals surface area contributed by atoms with Crippen LogP contribution in [0.2, 0.25) is 0 Å². The standard InChI is InChI=1S/C9H13N3O6/c10-9(17)4-6(15)3(11-12-4)8-7(16)5(14)2(1-13)18-8/h2,5,7-8,13-16H,1H2,(H2,10,17)(H,11,12)/t2-,5+,7-,8-/m0/s1. The monoisotopic (exact) mass is 259 g/mol. The van der Waals surface area contributed by atoms with E-state index < -0.39 is 42.7 Å². The highest BCUT2D eigenvalue weighted by Crippen LogP contribution is 2.37. The largest absolute Gasteiger partial charge is 0.504 e. The molecule has 0 aromatic carbocycles. The van der Waals surface area contributed by atoms with Crippen molar-refractivity contribution in [2.45, 2.75) is 24.4 Å². The molecule has 1 aromatic heterocycles. The molecule has 9 nitrogen and oxygen atoms in total. The summed E-state index contributed by atoms with van der Waals surface area (Å²) >= 11 is 0. The number of carbonyl (C=O) groups excluding carboxylic acids is 1. The lowest BCUT2D eigenvalue weighted by molar-refractivity contribution is -0.0245. The second-order valence-electron chi connectivity index (χ2n) is 3.96. The van der Waals surface area contributed by atoms with Crippen LogP contribution in [0.25, 0.3) is 0 Å². The quantitative estimate of drug-likeness (QED) is 0.346. The van der Waals surface area contributed by atoms with E-state index in [1.54, 1.807) is 0 Å². The van der Waals surface area contributed by atoms with Gasteiger partial charge < -0.3 is 30.9 Å². The minimum absolute atomic E-state index is 0.147. The lowest BCUT2D eigenvalue weighted by Gasteiger charge is -2.12. The average molecular weight is 259 g/mol. The summed E-state index contributed by atoms with van der Waals surface area (Å²) in [5.74, 6) is -1.46. The van der Waals surface area contributed by atoms with Crippen molar-refractivity contribution >= 4 is 5.91 Å². The Kier molecular flexibility index (Phi) is 3.22. The van der Waals surface area contributed by atoms with Gasteiger partial charge in [0.25, 0.3) is 5.91 Å². The number of carbonyl (C=O) groups is 1. The number of amides is 1. The number of ether oxygens (including phenoxy) is 1. The number of hydrogen-bond acceptors (Lipinski definition) is 7. The first kappa shape index (κ1) is 12.8. The van der Waals surface area contributed by atoms with Gasteiger partial charge in [0.15, 0.2) is 11.4 Å². The van der Waals surface area contributed by atoms with Crippen molar-refractivity contribution in [2.24, 2.45) is 5.73 Å². The van der Waals surface area contributed by atoms with Crippen molar-refractivity contribution in [3.05, 3.63) is 11.4 Å². The van der Waals surface area contributed by atoms with Gasteiger partial charge in [-0.15, -0.1) is 0 Å². The van der Waals surface area contributed by atoms with Gasteiger partial charge in [-0.1, -0.05) is 0 Å².